The highest BCUT2D eigenvalue weighted by atomic mass is 19.4. The van der Waals surface area contributed by atoms with Crippen molar-refractivity contribution in [1.29, 1.82) is 0 Å². The first-order valence-corrected chi connectivity index (χ1v) is 5.40. The van der Waals surface area contributed by atoms with Crippen LogP contribution in [0.4, 0.5) is 13.2 Å². The van der Waals surface area contributed by atoms with Crippen LogP contribution >= 0.6 is 0 Å². The van der Waals surface area contributed by atoms with Gasteiger partial charge in [-0.05, 0) is 13.8 Å². The van der Waals surface area contributed by atoms with Gasteiger partial charge < -0.3 is 10.2 Å². The molecular formula is C10H17F3N2O. The third-order valence-electron chi connectivity index (χ3n) is 2.74. The Hall–Kier alpha value is -0.780. The molecule has 1 amide bonds. The van der Waals surface area contributed by atoms with Gasteiger partial charge in [-0.2, -0.15) is 13.2 Å². The molecular weight excluding hydrogens is 221 g/mol. The van der Waals surface area contributed by atoms with E-state index >= 15 is 0 Å². The summed E-state index contributed by atoms with van der Waals surface area (Å²) in [5.74, 6) is -0.404. The smallest absolute Gasteiger partial charge is 0.335 e. The molecule has 0 radical (unpaired) electrons. The van der Waals surface area contributed by atoms with E-state index in [-0.39, 0.29) is 12.1 Å². The molecule has 1 saturated heterocycles. The number of carbonyl (C=O) groups is 1. The van der Waals surface area contributed by atoms with E-state index in [2.05, 4.69) is 5.32 Å². The van der Waals surface area contributed by atoms with Gasteiger partial charge in [0.1, 0.15) is 0 Å². The quantitative estimate of drug-likeness (QED) is 0.791. The Labute approximate surface area is 93.0 Å². The predicted molar refractivity (Wildman–Crippen MR) is 53.9 cm³/mol. The zero-order valence-corrected chi connectivity index (χ0v) is 9.47. The monoisotopic (exact) mass is 238 g/mol. The van der Waals surface area contributed by atoms with Crippen LogP contribution in [0.25, 0.3) is 0 Å². The lowest BCUT2D eigenvalue weighted by Gasteiger charge is -2.39. The number of halogens is 3. The van der Waals surface area contributed by atoms with Gasteiger partial charge in [0.15, 0.2) is 0 Å². The average Bonchev–Trinajstić information content (AvgIpc) is 2.13. The maximum Gasteiger partial charge on any atom is 0.389 e. The fourth-order valence-corrected chi connectivity index (χ4v) is 2.00. The van der Waals surface area contributed by atoms with Crippen molar-refractivity contribution < 1.29 is 18.0 Å². The third-order valence-corrected chi connectivity index (χ3v) is 2.74. The van der Waals surface area contributed by atoms with Crippen LogP contribution in [-0.4, -0.2) is 42.2 Å². The SMILES string of the molecule is CC1CNCC(C)N1C(=O)CCC(F)(F)F. The number of nitrogens with one attached hydrogen (secondary N) is 1. The molecule has 1 N–H and O–H groups in total. The summed E-state index contributed by atoms with van der Waals surface area (Å²) in [6.45, 7) is 4.96. The third kappa shape index (κ3) is 3.66. The van der Waals surface area contributed by atoms with Gasteiger partial charge in [-0.15, -0.1) is 0 Å². The van der Waals surface area contributed by atoms with Gasteiger partial charge in [-0.25, -0.2) is 0 Å². The van der Waals surface area contributed by atoms with E-state index in [4.69, 9.17) is 0 Å². The molecule has 0 aromatic heterocycles. The molecule has 94 valence electrons. The second-order valence-corrected chi connectivity index (χ2v) is 4.27. The molecule has 3 nitrogen and oxygen atoms in total. The number of piperazine rings is 1. The van der Waals surface area contributed by atoms with Crippen molar-refractivity contribution in [2.75, 3.05) is 13.1 Å². The maximum absolute atomic E-state index is 12.0. The lowest BCUT2D eigenvalue weighted by molar-refractivity contribution is -0.152. The lowest BCUT2D eigenvalue weighted by Crippen LogP contribution is -2.57. The molecule has 0 aromatic rings. The van der Waals surface area contributed by atoms with Crippen molar-refractivity contribution >= 4 is 5.91 Å². The Morgan fingerprint density at radius 1 is 1.31 bits per heavy atom. The number of nitrogens with zero attached hydrogens (tertiary/aromatic N) is 1. The van der Waals surface area contributed by atoms with E-state index in [0.29, 0.717) is 13.1 Å². The first kappa shape index (κ1) is 13.3. The van der Waals surface area contributed by atoms with Gasteiger partial charge in [0.2, 0.25) is 5.91 Å². The minimum atomic E-state index is -4.25. The van der Waals surface area contributed by atoms with E-state index in [1.165, 1.54) is 0 Å². The zero-order chi connectivity index (χ0) is 12.3. The van der Waals surface area contributed by atoms with E-state index in [1.54, 1.807) is 4.90 Å². The summed E-state index contributed by atoms with van der Waals surface area (Å²) < 4.78 is 36.0. The molecule has 0 bridgehead atoms. The lowest BCUT2D eigenvalue weighted by atomic mass is 10.1. The van der Waals surface area contributed by atoms with E-state index in [1.807, 2.05) is 13.8 Å². The van der Waals surface area contributed by atoms with Crippen LogP contribution < -0.4 is 5.32 Å². The van der Waals surface area contributed by atoms with Crippen LogP contribution in [0, 0.1) is 0 Å². The number of hydrogen-bond donors (Lipinski definition) is 1. The highest BCUT2D eigenvalue weighted by Gasteiger charge is 2.33. The molecule has 16 heavy (non-hydrogen) atoms. The van der Waals surface area contributed by atoms with E-state index in [0.717, 1.165) is 0 Å². The summed E-state index contributed by atoms with van der Waals surface area (Å²) in [6.07, 6.45) is -5.73. The van der Waals surface area contributed by atoms with Crippen LogP contribution in [0.5, 0.6) is 0 Å². The molecule has 0 aliphatic carbocycles. The molecule has 1 fully saturated rings. The topological polar surface area (TPSA) is 32.3 Å². The molecule has 1 aliphatic heterocycles. The molecule has 2 atom stereocenters. The highest BCUT2D eigenvalue weighted by Crippen LogP contribution is 2.23. The Kier molecular flexibility index (Phi) is 4.18. The number of amides is 1. The number of carbonyl (C=O) groups excluding carboxylic acids is 1. The van der Waals surface area contributed by atoms with Crippen LogP contribution in [0.15, 0.2) is 0 Å². The zero-order valence-electron chi connectivity index (χ0n) is 9.47. The normalized spacial score (nSPS) is 26.9. The van der Waals surface area contributed by atoms with Gasteiger partial charge in [-0.1, -0.05) is 0 Å². The largest absolute Gasteiger partial charge is 0.389 e. The van der Waals surface area contributed by atoms with Crippen LogP contribution in [-0.2, 0) is 4.79 Å². The van der Waals surface area contributed by atoms with Gasteiger partial charge in [0.05, 0.1) is 6.42 Å². The summed E-state index contributed by atoms with van der Waals surface area (Å²) >= 11 is 0. The highest BCUT2D eigenvalue weighted by molar-refractivity contribution is 5.77. The molecule has 1 heterocycles. The minimum Gasteiger partial charge on any atom is -0.335 e. The standard InChI is InChI=1S/C10H17F3N2O/c1-7-5-14-6-8(2)15(7)9(16)3-4-10(11,12)13/h7-8,14H,3-6H2,1-2H3. The van der Waals surface area contributed by atoms with Crippen molar-refractivity contribution in [2.45, 2.75) is 44.9 Å². The first-order valence-electron chi connectivity index (χ1n) is 5.40. The summed E-state index contributed by atoms with van der Waals surface area (Å²) in [5.41, 5.74) is 0. The summed E-state index contributed by atoms with van der Waals surface area (Å²) in [4.78, 5) is 13.2. The van der Waals surface area contributed by atoms with Crippen molar-refractivity contribution in [3.63, 3.8) is 0 Å². The maximum atomic E-state index is 12.0. The second kappa shape index (κ2) is 5.03. The summed E-state index contributed by atoms with van der Waals surface area (Å²) in [7, 11) is 0. The molecule has 0 saturated carbocycles. The summed E-state index contributed by atoms with van der Waals surface area (Å²) in [5, 5.41) is 3.13. The van der Waals surface area contributed by atoms with Crippen LogP contribution in [0.2, 0.25) is 0 Å². The van der Waals surface area contributed by atoms with Gasteiger partial charge >= 0.3 is 6.18 Å². The van der Waals surface area contributed by atoms with E-state index < -0.39 is 24.9 Å². The number of alkyl halides is 3. The summed E-state index contributed by atoms with van der Waals surface area (Å²) in [6, 6.07) is -0.0750. The Morgan fingerprint density at radius 2 is 1.81 bits per heavy atom. The van der Waals surface area contributed by atoms with Gasteiger partial charge in [0.25, 0.3) is 0 Å². The van der Waals surface area contributed by atoms with Gasteiger partial charge in [0, 0.05) is 31.6 Å². The van der Waals surface area contributed by atoms with Crippen molar-refractivity contribution in [3.8, 4) is 0 Å². The average molecular weight is 238 g/mol. The number of rotatable bonds is 2. The van der Waals surface area contributed by atoms with Gasteiger partial charge in [-0.3, -0.25) is 4.79 Å². The van der Waals surface area contributed by atoms with Crippen molar-refractivity contribution in [3.05, 3.63) is 0 Å². The molecule has 2 unspecified atom stereocenters. The molecule has 6 heteroatoms. The Balaban J connectivity index is 2.51. The first-order chi connectivity index (χ1) is 7.31. The molecule has 1 aliphatic rings. The van der Waals surface area contributed by atoms with Crippen LogP contribution in [0.1, 0.15) is 26.7 Å². The van der Waals surface area contributed by atoms with Crippen molar-refractivity contribution in [2.24, 2.45) is 0 Å². The minimum absolute atomic E-state index is 0.0375. The predicted octanol–water partition coefficient (Wildman–Crippen LogP) is 1.54. The molecule has 0 aromatic carbocycles. The van der Waals surface area contributed by atoms with Crippen molar-refractivity contribution in [1.82, 2.24) is 10.2 Å². The van der Waals surface area contributed by atoms with E-state index in [9.17, 15) is 18.0 Å². The Bertz CT molecular complexity index is 245. The number of hydrogen-bond acceptors (Lipinski definition) is 2. The molecule has 1 rings (SSSR count). The molecule has 0 spiro atoms. The fraction of sp³-hybridized carbons (Fsp3) is 0.900. The fourth-order valence-electron chi connectivity index (χ4n) is 2.00. The van der Waals surface area contributed by atoms with Crippen LogP contribution in [0.3, 0.4) is 0 Å². The second-order valence-electron chi connectivity index (χ2n) is 4.27. The Morgan fingerprint density at radius 3 is 2.25 bits per heavy atom.